The molecule has 0 aliphatic rings. The van der Waals surface area contributed by atoms with Crippen LogP contribution in [0.3, 0.4) is 0 Å². The van der Waals surface area contributed by atoms with Crippen molar-refractivity contribution in [2.75, 3.05) is 13.1 Å². The molecule has 0 fully saturated rings. The van der Waals surface area contributed by atoms with Crippen LogP contribution in [-0.4, -0.2) is 36.1 Å². The molecule has 0 radical (unpaired) electrons. The molecule has 0 atom stereocenters. The van der Waals surface area contributed by atoms with Gasteiger partial charge in [-0.15, -0.1) is 0 Å². The first-order valence-electron chi connectivity index (χ1n) is 8.98. The molecule has 5 nitrogen and oxygen atoms in total. The van der Waals surface area contributed by atoms with E-state index in [1.54, 1.807) is 20.8 Å². The van der Waals surface area contributed by atoms with Gasteiger partial charge in [-0.1, -0.05) is 33.6 Å². The minimum Gasteiger partial charge on any atom is -0.356 e. The van der Waals surface area contributed by atoms with Gasteiger partial charge in [-0.05, 0) is 40.2 Å². The van der Waals surface area contributed by atoms with E-state index in [2.05, 4.69) is 31.4 Å². The number of hydrogen-bond donors (Lipinski definition) is 2. The maximum Gasteiger partial charge on any atom is 0.227 e. The van der Waals surface area contributed by atoms with Crippen molar-refractivity contribution in [3.8, 4) is 0 Å². The molecule has 0 aromatic rings. The molecule has 0 unspecified atom stereocenters. The molecule has 0 saturated carbocycles. The highest BCUT2D eigenvalue weighted by molar-refractivity contribution is 6.07. The molecule has 140 valence electrons. The van der Waals surface area contributed by atoms with Crippen LogP contribution in [0, 0.1) is 5.41 Å². The summed E-state index contributed by atoms with van der Waals surface area (Å²) in [4.78, 5) is 35.1. The third-order valence-electron chi connectivity index (χ3n) is 3.63. The van der Waals surface area contributed by atoms with Crippen molar-refractivity contribution >= 4 is 17.5 Å². The van der Waals surface area contributed by atoms with E-state index < -0.39 is 5.41 Å². The molecule has 0 spiro atoms. The second-order valence-corrected chi connectivity index (χ2v) is 8.51. The maximum absolute atomic E-state index is 11.7. The van der Waals surface area contributed by atoms with Gasteiger partial charge in [0.05, 0.1) is 12.8 Å². The quantitative estimate of drug-likeness (QED) is 0.448. The van der Waals surface area contributed by atoms with Crippen molar-refractivity contribution < 1.29 is 14.4 Å². The summed E-state index contributed by atoms with van der Waals surface area (Å²) >= 11 is 0. The minimum atomic E-state index is -0.534. The van der Waals surface area contributed by atoms with Crippen LogP contribution in [0.1, 0.15) is 80.1 Å². The Morgan fingerprint density at radius 2 is 1.29 bits per heavy atom. The molecule has 0 bridgehead atoms. The molecule has 0 saturated heterocycles. The molecule has 2 N–H and O–H groups in total. The Morgan fingerprint density at radius 3 is 1.79 bits per heavy atom. The highest BCUT2D eigenvalue weighted by Crippen LogP contribution is 2.17. The Morgan fingerprint density at radius 1 is 0.750 bits per heavy atom. The third kappa shape index (κ3) is 13.2. The molecule has 0 rings (SSSR count). The average Bonchev–Trinajstić information content (AvgIpc) is 2.39. The zero-order chi connectivity index (χ0) is 18.8. The van der Waals surface area contributed by atoms with Crippen LogP contribution in [-0.2, 0) is 14.4 Å². The van der Waals surface area contributed by atoms with Gasteiger partial charge in [-0.2, -0.15) is 0 Å². The molecular weight excluding hydrogens is 304 g/mol. The number of amides is 1. The SMILES string of the molecule is CC(C)(C)NCCCCCCNC(=O)CC(=O)CC(=O)C(C)(C)C. The van der Waals surface area contributed by atoms with Crippen molar-refractivity contribution in [2.24, 2.45) is 5.41 Å². The van der Waals surface area contributed by atoms with Crippen molar-refractivity contribution in [1.29, 1.82) is 0 Å². The summed E-state index contributed by atoms with van der Waals surface area (Å²) in [5.74, 6) is -0.707. The molecule has 0 heterocycles. The Balaban J connectivity index is 3.66. The molecule has 0 aromatic heterocycles. The van der Waals surface area contributed by atoms with E-state index in [4.69, 9.17) is 0 Å². The van der Waals surface area contributed by atoms with Crippen LogP contribution in [0.25, 0.3) is 0 Å². The molecule has 1 amide bonds. The smallest absolute Gasteiger partial charge is 0.227 e. The number of nitrogens with one attached hydrogen (secondary N) is 2. The normalized spacial score (nSPS) is 12.1. The van der Waals surface area contributed by atoms with Crippen LogP contribution in [0.15, 0.2) is 0 Å². The fourth-order valence-electron chi connectivity index (χ4n) is 2.04. The number of rotatable bonds is 11. The number of unbranched alkanes of at least 4 members (excludes halogenated alkanes) is 3. The summed E-state index contributed by atoms with van der Waals surface area (Å²) in [5, 5.41) is 6.20. The second-order valence-electron chi connectivity index (χ2n) is 8.51. The number of Topliss-reactive ketones (excluding diaryl/α,β-unsaturated/α-hetero) is 2. The fraction of sp³-hybridized carbons (Fsp3) is 0.842. The Bertz CT molecular complexity index is 417. The first kappa shape index (κ1) is 22.8. The van der Waals surface area contributed by atoms with Crippen molar-refractivity contribution in [3.63, 3.8) is 0 Å². The van der Waals surface area contributed by atoms with E-state index in [1.165, 1.54) is 0 Å². The van der Waals surface area contributed by atoms with Gasteiger partial charge in [0, 0.05) is 17.5 Å². The minimum absolute atomic E-state index is 0.121. The lowest BCUT2D eigenvalue weighted by atomic mass is 9.87. The lowest BCUT2D eigenvalue weighted by molar-refractivity contribution is -0.133. The molecule has 24 heavy (non-hydrogen) atoms. The number of carbonyl (C=O) groups is 3. The molecule has 0 aliphatic heterocycles. The van der Waals surface area contributed by atoms with E-state index in [-0.39, 0.29) is 35.9 Å². The highest BCUT2D eigenvalue weighted by atomic mass is 16.2. The van der Waals surface area contributed by atoms with Gasteiger partial charge in [0.15, 0.2) is 0 Å². The standard InChI is InChI=1S/C19H36N2O3/c1-18(2,3)16(23)13-15(22)14-17(24)20-11-9-7-8-10-12-21-19(4,5)6/h21H,7-14H2,1-6H3,(H,20,24). The van der Waals surface area contributed by atoms with Crippen molar-refractivity contribution in [3.05, 3.63) is 0 Å². The lowest BCUT2D eigenvalue weighted by Gasteiger charge is -2.20. The zero-order valence-corrected chi connectivity index (χ0v) is 16.4. The predicted octanol–water partition coefficient (Wildman–Crippen LogP) is 3.02. The average molecular weight is 341 g/mol. The van der Waals surface area contributed by atoms with E-state index in [0.29, 0.717) is 6.54 Å². The Hall–Kier alpha value is -1.23. The number of ketones is 2. The summed E-state index contributed by atoms with van der Waals surface area (Å²) in [5.41, 5.74) is -0.372. The van der Waals surface area contributed by atoms with Gasteiger partial charge in [0.25, 0.3) is 0 Å². The largest absolute Gasteiger partial charge is 0.356 e. The number of hydrogen-bond acceptors (Lipinski definition) is 4. The number of carbonyl (C=O) groups excluding carboxylic acids is 3. The highest BCUT2D eigenvalue weighted by Gasteiger charge is 2.24. The van der Waals surface area contributed by atoms with Crippen LogP contribution in [0.5, 0.6) is 0 Å². The van der Waals surface area contributed by atoms with Gasteiger partial charge < -0.3 is 10.6 Å². The maximum atomic E-state index is 11.7. The Kier molecular flexibility index (Phi) is 10.1. The summed E-state index contributed by atoms with van der Waals surface area (Å²) in [6, 6.07) is 0. The van der Waals surface area contributed by atoms with Crippen LogP contribution in [0.4, 0.5) is 0 Å². The predicted molar refractivity (Wildman–Crippen MR) is 97.9 cm³/mol. The summed E-state index contributed by atoms with van der Waals surface area (Å²) in [6.45, 7) is 13.4. The van der Waals surface area contributed by atoms with Gasteiger partial charge in [0.2, 0.25) is 5.91 Å². The molecule has 0 aliphatic carbocycles. The van der Waals surface area contributed by atoms with Crippen molar-refractivity contribution in [1.82, 2.24) is 10.6 Å². The first-order valence-corrected chi connectivity index (χ1v) is 8.98. The molecule has 5 heteroatoms. The van der Waals surface area contributed by atoms with Gasteiger partial charge in [-0.25, -0.2) is 0 Å². The van der Waals surface area contributed by atoms with Crippen LogP contribution >= 0.6 is 0 Å². The zero-order valence-electron chi connectivity index (χ0n) is 16.4. The molecular formula is C19H36N2O3. The summed E-state index contributed by atoms with van der Waals surface area (Å²) in [7, 11) is 0. The Labute approximate surface area is 147 Å². The second kappa shape index (κ2) is 10.6. The van der Waals surface area contributed by atoms with E-state index in [9.17, 15) is 14.4 Å². The van der Waals surface area contributed by atoms with E-state index >= 15 is 0 Å². The summed E-state index contributed by atoms with van der Waals surface area (Å²) in [6.07, 6.45) is 3.87. The topological polar surface area (TPSA) is 75.3 Å². The third-order valence-corrected chi connectivity index (χ3v) is 3.63. The fourth-order valence-corrected chi connectivity index (χ4v) is 2.04. The van der Waals surface area contributed by atoms with Crippen LogP contribution < -0.4 is 10.6 Å². The van der Waals surface area contributed by atoms with Gasteiger partial charge >= 0.3 is 0 Å². The summed E-state index contributed by atoms with van der Waals surface area (Å²) < 4.78 is 0. The van der Waals surface area contributed by atoms with Gasteiger partial charge in [0.1, 0.15) is 11.6 Å². The molecule has 0 aromatic carbocycles. The monoisotopic (exact) mass is 340 g/mol. The van der Waals surface area contributed by atoms with Crippen LogP contribution in [0.2, 0.25) is 0 Å². The lowest BCUT2D eigenvalue weighted by Crippen LogP contribution is -2.36. The van der Waals surface area contributed by atoms with E-state index in [1.807, 2.05) is 0 Å². The van der Waals surface area contributed by atoms with Gasteiger partial charge in [-0.3, -0.25) is 14.4 Å². The first-order chi connectivity index (χ1) is 10.9. The van der Waals surface area contributed by atoms with Crippen molar-refractivity contribution in [2.45, 2.75) is 85.6 Å². The van der Waals surface area contributed by atoms with E-state index in [0.717, 1.165) is 32.2 Å².